The van der Waals surface area contributed by atoms with Crippen LogP contribution in [0.4, 0.5) is 11.6 Å². The zero-order valence-corrected chi connectivity index (χ0v) is 14.5. The molecule has 2 aromatic rings. The fourth-order valence-corrected chi connectivity index (χ4v) is 3.18. The first kappa shape index (κ1) is 16.7. The van der Waals surface area contributed by atoms with E-state index in [1.807, 2.05) is 19.9 Å². The highest BCUT2D eigenvalue weighted by Crippen LogP contribution is 2.23. The van der Waals surface area contributed by atoms with Gasteiger partial charge in [0.1, 0.15) is 0 Å². The summed E-state index contributed by atoms with van der Waals surface area (Å²) in [5.74, 6) is 1.16. The summed E-state index contributed by atoms with van der Waals surface area (Å²) in [4.78, 5) is 11.2. The van der Waals surface area contributed by atoms with Crippen LogP contribution in [-0.4, -0.2) is 34.8 Å². The van der Waals surface area contributed by atoms with Crippen molar-refractivity contribution in [3.8, 4) is 0 Å². The molecule has 1 saturated heterocycles. The van der Waals surface area contributed by atoms with Crippen molar-refractivity contribution in [2.24, 2.45) is 5.92 Å². The number of anilines is 2. The summed E-state index contributed by atoms with van der Waals surface area (Å²) in [6, 6.07) is 10.6. The van der Waals surface area contributed by atoms with Crippen molar-refractivity contribution in [1.29, 1.82) is 0 Å². The van der Waals surface area contributed by atoms with Gasteiger partial charge in [0.15, 0.2) is 0 Å². The lowest BCUT2D eigenvalue weighted by atomic mass is 9.97. The van der Waals surface area contributed by atoms with Crippen molar-refractivity contribution in [2.45, 2.75) is 33.2 Å². The molecule has 5 nitrogen and oxygen atoms in total. The molecule has 0 atom stereocenters. The van der Waals surface area contributed by atoms with Crippen molar-refractivity contribution in [1.82, 2.24) is 9.97 Å². The molecule has 0 radical (unpaired) electrons. The molecule has 0 saturated carbocycles. The van der Waals surface area contributed by atoms with Crippen LogP contribution >= 0.6 is 0 Å². The van der Waals surface area contributed by atoms with E-state index in [4.69, 9.17) is 0 Å². The fourth-order valence-electron chi connectivity index (χ4n) is 3.18. The molecule has 0 bridgehead atoms. The van der Waals surface area contributed by atoms with Gasteiger partial charge in [-0.3, -0.25) is 0 Å². The summed E-state index contributed by atoms with van der Waals surface area (Å²) in [7, 11) is 0. The Morgan fingerprint density at radius 2 is 1.71 bits per heavy atom. The summed E-state index contributed by atoms with van der Waals surface area (Å²) in [5.41, 5.74) is 4.43. The minimum absolute atomic E-state index is 0.318. The summed E-state index contributed by atoms with van der Waals surface area (Å²) >= 11 is 0. The number of rotatable bonds is 5. The second kappa shape index (κ2) is 7.62. The van der Waals surface area contributed by atoms with Crippen LogP contribution in [0.1, 0.15) is 29.8 Å². The maximum atomic E-state index is 9.24. The molecule has 0 aliphatic carbocycles. The van der Waals surface area contributed by atoms with Crippen LogP contribution in [0.25, 0.3) is 0 Å². The van der Waals surface area contributed by atoms with Crippen LogP contribution in [-0.2, 0) is 6.54 Å². The third-order valence-corrected chi connectivity index (χ3v) is 4.61. The summed E-state index contributed by atoms with van der Waals surface area (Å²) in [5, 5.41) is 12.5. The maximum Gasteiger partial charge on any atom is 0.223 e. The van der Waals surface area contributed by atoms with Gasteiger partial charge in [-0.2, -0.15) is 0 Å². The Morgan fingerprint density at radius 3 is 2.29 bits per heavy atom. The van der Waals surface area contributed by atoms with Gasteiger partial charge in [-0.25, -0.2) is 9.97 Å². The van der Waals surface area contributed by atoms with E-state index in [0.29, 0.717) is 18.5 Å². The lowest BCUT2D eigenvalue weighted by Gasteiger charge is -2.33. The molecule has 128 valence electrons. The van der Waals surface area contributed by atoms with Crippen LogP contribution in [0.3, 0.4) is 0 Å². The largest absolute Gasteiger partial charge is 0.396 e. The highest BCUT2D eigenvalue weighted by molar-refractivity contribution is 5.48. The van der Waals surface area contributed by atoms with Gasteiger partial charge in [0.25, 0.3) is 0 Å². The van der Waals surface area contributed by atoms with E-state index < -0.39 is 0 Å². The van der Waals surface area contributed by atoms with Crippen LogP contribution in [0.2, 0.25) is 0 Å². The quantitative estimate of drug-likeness (QED) is 0.884. The predicted molar refractivity (Wildman–Crippen MR) is 97.3 cm³/mol. The van der Waals surface area contributed by atoms with Gasteiger partial charge in [-0.05, 0) is 56.4 Å². The predicted octanol–water partition coefficient (Wildman–Crippen LogP) is 2.91. The molecular weight excluding hydrogens is 300 g/mol. The molecule has 24 heavy (non-hydrogen) atoms. The number of hydrogen-bond donors (Lipinski definition) is 2. The van der Waals surface area contributed by atoms with Crippen LogP contribution in [0.15, 0.2) is 30.3 Å². The lowest BCUT2D eigenvalue weighted by Crippen LogP contribution is -2.34. The fraction of sp³-hybridized carbons (Fsp3) is 0.474. The Morgan fingerprint density at radius 1 is 1.08 bits per heavy atom. The van der Waals surface area contributed by atoms with Crippen molar-refractivity contribution in [2.75, 3.05) is 29.9 Å². The Balaban J connectivity index is 1.56. The molecule has 2 heterocycles. The molecule has 1 aromatic heterocycles. The lowest BCUT2D eigenvalue weighted by molar-refractivity contribution is 0.203. The van der Waals surface area contributed by atoms with Gasteiger partial charge in [-0.15, -0.1) is 0 Å². The number of aliphatic hydroxyl groups is 1. The molecule has 1 aromatic carbocycles. The first-order valence-corrected chi connectivity index (χ1v) is 8.65. The van der Waals surface area contributed by atoms with Crippen molar-refractivity contribution in [3.05, 3.63) is 47.3 Å². The average Bonchev–Trinajstić information content (AvgIpc) is 2.60. The Bertz CT molecular complexity index is 643. The average molecular weight is 326 g/mol. The minimum atomic E-state index is 0.318. The molecule has 1 aliphatic rings. The number of aryl methyl sites for hydroxylation is 2. The van der Waals surface area contributed by atoms with Crippen molar-refractivity contribution < 1.29 is 5.11 Å². The van der Waals surface area contributed by atoms with E-state index in [2.05, 4.69) is 44.5 Å². The number of benzene rings is 1. The Labute approximate surface area is 143 Å². The van der Waals surface area contributed by atoms with E-state index in [1.54, 1.807) is 0 Å². The molecule has 0 spiro atoms. The maximum absolute atomic E-state index is 9.24. The smallest absolute Gasteiger partial charge is 0.223 e. The van der Waals surface area contributed by atoms with E-state index in [1.165, 1.54) is 11.3 Å². The monoisotopic (exact) mass is 326 g/mol. The Hall–Kier alpha value is -2.14. The van der Waals surface area contributed by atoms with Gasteiger partial charge >= 0.3 is 0 Å². The minimum Gasteiger partial charge on any atom is -0.396 e. The standard InChI is InChI=1S/C19H26N4O/c1-14-11-15(2)22-19(21-14)20-12-16-3-5-18(6-4-16)23-9-7-17(13-24)8-10-23/h3-6,11,17,24H,7-10,12-13H2,1-2H3,(H,20,21,22). The summed E-state index contributed by atoms with van der Waals surface area (Å²) in [6.07, 6.45) is 2.15. The summed E-state index contributed by atoms with van der Waals surface area (Å²) in [6.45, 7) is 7.05. The van der Waals surface area contributed by atoms with Crippen molar-refractivity contribution in [3.63, 3.8) is 0 Å². The van der Waals surface area contributed by atoms with E-state index >= 15 is 0 Å². The number of nitrogens with zero attached hydrogens (tertiary/aromatic N) is 3. The zero-order chi connectivity index (χ0) is 16.9. The van der Waals surface area contributed by atoms with Gasteiger partial charge in [-0.1, -0.05) is 12.1 Å². The van der Waals surface area contributed by atoms with E-state index in [-0.39, 0.29) is 0 Å². The highest BCUT2D eigenvalue weighted by Gasteiger charge is 2.18. The van der Waals surface area contributed by atoms with Crippen LogP contribution < -0.4 is 10.2 Å². The number of hydrogen-bond acceptors (Lipinski definition) is 5. The molecule has 0 amide bonds. The number of nitrogens with one attached hydrogen (secondary N) is 1. The molecule has 0 unspecified atom stereocenters. The van der Waals surface area contributed by atoms with E-state index in [9.17, 15) is 5.11 Å². The first-order chi connectivity index (χ1) is 11.6. The topological polar surface area (TPSA) is 61.3 Å². The highest BCUT2D eigenvalue weighted by atomic mass is 16.3. The number of piperidine rings is 1. The van der Waals surface area contributed by atoms with Gasteiger partial charge in [0, 0.05) is 43.3 Å². The SMILES string of the molecule is Cc1cc(C)nc(NCc2ccc(N3CCC(CO)CC3)cc2)n1. The normalized spacial score (nSPS) is 15.5. The molecular formula is C19H26N4O. The number of aliphatic hydroxyl groups excluding tert-OH is 1. The second-order valence-corrected chi connectivity index (χ2v) is 6.61. The molecule has 3 rings (SSSR count). The van der Waals surface area contributed by atoms with E-state index in [0.717, 1.165) is 43.9 Å². The third kappa shape index (κ3) is 4.23. The van der Waals surface area contributed by atoms with Crippen LogP contribution in [0, 0.1) is 19.8 Å². The first-order valence-electron chi connectivity index (χ1n) is 8.65. The zero-order valence-electron chi connectivity index (χ0n) is 14.5. The van der Waals surface area contributed by atoms with Gasteiger partial charge < -0.3 is 15.3 Å². The molecule has 1 aliphatic heterocycles. The Kier molecular flexibility index (Phi) is 5.30. The molecule has 2 N–H and O–H groups in total. The van der Waals surface area contributed by atoms with Gasteiger partial charge in [0.05, 0.1) is 0 Å². The summed E-state index contributed by atoms with van der Waals surface area (Å²) < 4.78 is 0. The molecule has 5 heteroatoms. The third-order valence-electron chi connectivity index (χ3n) is 4.61. The van der Waals surface area contributed by atoms with Gasteiger partial charge in [0.2, 0.25) is 5.95 Å². The molecule has 1 fully saturated rings. The van der Waals surface area contributed by atoms with Crippen LogP contribution in [0.5, 0.6) is 0 Å². The second-order valence-electron chi connectivity index (χ2n) is 6.61. The number of aromatic nitrogens is 2. The van der Waals surface area contributed by atoms with Crippen molar-refractivity contribution >= 4 is 11.6 Å².